The topological polar surface area (TPSA) is 32.3 Å². The van der Waals surface area contributed by atoms with Gasteiger partial charge in [-0.05, 0) is 47.5 Å². The van der Waals surface area contributed by atoms with Crippen LogP contribution in [0.2, 0.25) is 0 Å². The smallest absolute Gasteiger partial charge is 0.0684 e. The monoisotopic (exact) mass is 243 g/mol. The fourth-order valence-electron chi connectivity index (χ4n) is 1.03. The molecule has 13 heavy (non-hydrogen) atoms. The number of rotatable bonds is 3. The first-order valence-corrected chi connectivity index (χ1v) is 5.07. The molecule has 3 heteroatoms. The SMILES string of the molecule is Cc1ccc(Br)c(NC[C@@H](C)O)c1. The third-order valence-electron chi connectivity index (χ3n) is 1.71. The van der Waals surface area contributed by atoms with E-state index in [0.29, 0.717) is 6.54 Å². The summed E-state index contributed by atoms with van der Waals surface area (Å²) in [4.78, 5) is 0. The minimum Gasteiger partial charge on any atom is -0.392 e. The number of aliphatic hydroxyl groups excluding tert-OH is 1. The van der Waals surface area contributed by atoms with Gasteiger partial charge >= 0.3 is 0 Å². The van der Waals surface area contributed by atoms with Crippen molar-refractivity contribution in [3.8, 4) is 0 Å². The summed E-state index contributed by atoms with van der Waals surface area (Å²) in [5.41, 5.74) is 2.23. The van der Waals surface area contributed by atoms with E-state index in [4.69, 9.17) is 5.11 Å². The van der Waals surface area contributed by atoms with E-state index in [1.54, 1.807) is 6.92 Å². The van der Waals surface area contributed by atoms with Gasteiger partial charge in [-0.15, -0.1) is 0 Å². The number of aliphatic hydroxyl groups is 1. The number of hydrogen-bond acceptors (Lipinski definition) is 2. The van der Waals surface area contributed by atoms with Gasteiger partial charge in [0.1, 0.15) is 0 Å². The normalized spacial score (nSPS) is 12.6. The number of halogens is 1. The molecule has 1 aromatic carbocycles. The lowest BCUT2D eigenvalue weighted by Gasteiger charge is -2.10. The van der Waals surface area contributed by atoms with E-state index in [1.807, 2.05) is 25.1 Å². The lowest BCUT2D eigenvalue weighted by atomic mass is 10.2. The van der Waals surface area contributed by atoms with Gasteiger partial charge in [0.15, 0.2) is 0 Å². The van der Waals surface area contributed by atoms with E-state index < -0.39 is 0 Å². The zero-order valence-corrected chi connectivity index (χ0v) is 9.43. The van der Waals surface area contributed by atoms with Crippen LogP contribution >= 0.6 is 15.9 Å². The van der Waals surface area contributed by atoms with Gasteiger partial charge < -0.3 is 10.4 Å². The highest BCUT2D eigenvalue weighted by atomic mass is 79.9. The van der Waals surface area contributed by atoms with Crippen LogP contribution in [0, 0.1) is 6.92 Å². The summed E-state index contributed by atoms with van der Waals surface area (Å²) in [6, 6.07) is 6.09. The summed E-state index contributed by atoms with van der Waals surface area (Å²) in [7, 11) is 0. The van der Waals surface area contributed by atoms with Crippen LogP contribution in [0.3, 0.4) is 0 Å². The molecule has 0 amide bonds. The fraction of sp³-hybridized carbons (Fsp3) is 0.400. The minimum absolute atomic E-state index is 0.326. The highest BCUT2D eigenvalue weighted by Gasteiger charge is 2.00. The molecule has 0 aliphatic carbocycles. The van der Waals surface area contributed by atoms with Gasteiger partial charge in [0.05, 0.1) is 6.10 Å². The molecule has 0 radical (unpaired) electrons. The Hall–Kier alpha value is -0.540. The van der Waals surface area contributed by atoms with Crippen molar-refractivity contribution in [3.05, 3.63) is 28.2 Å². The van der Waals surface area contributed by atoms with Gasteiger partial charge in [0, 0.05) is 16.7 Å². The van der Waals surface area contributed by atoms with Gasteiger partial charge in [0.25, 0.3) is 0 Å². The van der Waals surface area contributed by atoms with Crippen molar-refractivity contribution in [1.29, 1.82) is 0 Å². The van der Waals surface area contributed by atoms with Crippen LogP contribution in [-0.2, 0) is 0 Å². The first kappa shape index (κ1) is 10.5. The summed E-state index contributed by atoms with van der Waals surface area (Å²) < 4.78 is 1.03. The van der Waals surface area contributed by atoms with Crippen LogP contribution < -0.4 is 5.32 Å². The van der Waals surface area contributed by atoms with Crippen LogP contribution in [-0.4, -0.2) is 17.8 Å². The third-order valence-corrected chi connectivity index (χ3v) is 2.40. The molecule has 0 aliphatic heterocycles. The Labute approximate surface area is 87.1 Å². The van der Waals surface area contributed by atoms with Gasteiger partial charge in [-0.2, -0.15) is 0 Å². The van der Waals surface area contributed by atoms with Crippen LogP contribution in [0.25, 0.3) is 0 Å². The summed E-state index contributed by atoms with van der Waals surface area (Å²) in [5.74, 6) is 0. The van der Waals surface area contributed by atoms with E-state index in [0.717, 1.165) is 10.2 Å². The predicted molar refractivity (Wildman–Crippen MR) is 59.0 cm³/mol. The lowest BCUT2D eigenvalue weighted by Crippen LogP contribution is -2.15. The van der Waals surface area contributed by atoms with E-state index >= 15 is 0 Å². The van der Waals surface area contributed by atoms with Gasteiger partial charge in [-0.3, -0.25) is 0 Å². The van der Waals surface area contributed by atoms with Crippen molar-refractivity contribution < 1.29 is 5.11 Å². The predicted octanol–water partition coefficient (Wildman–Crippen LogP) is 2.55. The number of nitrogens with one attached hydrogen (secondary N) is 1. The summed E-state index contributed by atoms with van der Waals surface area (Å²) in [6.07, 6.45) is -0.326. The summed E-state index contributed by atoms with van der Waals surface area (Å²) >= 11 is 3.44. The first-order valence-electron chi connectivity index (χ1n) is 4.27. The molecule has 0 bridgehead atoms. The number of benzene rings is 1. The van der Waals surface area contributed by atoms with Gasteiger partial charge in [-0.1, -0.05) is 6.07 Å². The van der Waals surface area contributed by atoms with Crippen LogP contribution in [0.15, 0.2) is 22.7 Å². The zero-order chi connectivity index (χ0) is 9.84. The molecular formula is C10H14BrNO. The second-order valence-corrected chi connectivity index (χ2v) is 4.07. The minimum atomic E-state index is -0.326. The maximum Gasteiger partial charge on any atom is 0.0684 e. The lowest BCUT2D eigenvalue weighted by molar-refractivity contribution is 0.208. The molecule has 0 saturated heterocycles. The summed E-state index contributed by atoms with van der Waals surface area (Å²) in [6.45, 7) is 4.37. The molecule has 0 fully saturated rings. The zero-order valence-electron chi connectivity index (χ0n) is 7.84. The number of anilines is 1. The molecule has 0 unspecified atom stereocenters. The Balaban J connectivity index is 2.70. The standard InChI is InChI=1S/C10H14BrNO/c1-7-3-4-9(11)10(5-7)12-6-8(2)13/h3-5,8,12-13H,6H2,1-2H3/t8-/m1/s1. The van der Waals surface area contributed by atoms with E-state index in [2.05, 4.69) is 21.2 Å². The third kappa shape index (κ3) is 3.36. The van der Waals surface area contributed by atoms with Gasteiger partial charge in [0.2, 0.25) is 0 Å². The molecule has 0 spiro atoms. The van der Waals surface area contributed by atoms with Crippen LogP contribution in [0.1, 0.15) is 12.5 Å². The number of aryl methyl sites for hydroxylation is 1. The number of hydrogen-bond donors (Lipinski definition) is 2. The molecule has 2 N–H and O–H groups in total. The molecule has 72 valence electrons. The maximum absolute atomic E-state index is 9.10. The Morgan fingerprint density at radius 1 is 1.54 bits per heavy atom. The van der Waals surface area contributed by atoms with Crippen LogP contribution in [0.5, 0.6) is 0 Å². The van der Waals surface area contributed by atoms with Crippen molar-refractivity contribution in [2.75, 3.05) is 11.9 Å². The Morgan fingerprint density at radius 2 is 2.23 bits per heavy atom. The van der Waals surface area contributed by atoms with Gasteiger partial charge in [-0.25, -0.2) is 0 Å². The second kappa shape index (κ2) is 4.63. The van der Waals surface area contributed by atoms with E-state index in [-0.39, 0.29) is 6.10 Å². The highest BCUT2D eigenvalue weighted by molar-refractivity contribution is 9.10. The summed E-state index contributed by atoms with van der Waals surface area (Å²) in [5, 5.41) is 12.3. The Bertz CT molecular complexity index is 286. The largest absolute Gasteiger partial charge is 0.392 e. The molecule has 0 aromatic heterocycles. The van der Waals surface area contributed by atoms with Crippen molar-refractivity contribution in [1.82, 2.24) is 0 Å². The Kier molecular flexibility index (Phi) is 3.75. The first-order chi connectivity index (χ1) is 6.09. The molecule has 1 aromatic rings. The average Bonchev–Trinajstić information content (AvgIpc) is 2.06. The molecule has 0 saturated carbocycles. The molecule has 0 heterocycles. The van der Waals surface area contributed by atoms with E-state index in [9.17, 15) is 0 Å². The average molecular weight is 244 g/mol. The molecule has 2 nitrogen and oxygen atoms in total. The maximum atomic E-state index is 9.10. The quantitative estimate of drug-likeness (QED) is 0.856. The molecular weight excluding hydrogens is 230 g/mol. The fourth-order valence-corrected chi connectivity index (χ4v) is 1.42. The van der Waals surface area contributed by atoms with E-state index in [1.165, 1.54) is 5.56 Å². The molecule has 1 atom stereocenters. The van der Waals surface area contributed by atoms with Crippen molar-refractivity contribution in [2.24, 2.45) is 0 Å². The highest BCUT2D eigenvalue weighted by Crippen LogP contribution is 2.23. The molecule has 1 rings (SSSR count). The molecule has 0 aliphatic rings. The second-order valence-electron chi connectivity index (χ2n) is 3.21. The Morgan fingerprint density at radius 3 is 2.85 bits per heavy atom. The van der Waals surface area contributed by atoms with Crippen molar-refractivity contribution >= 4 is 21.6 Å². The van der Waals surface area contributed by atoms with Crippen LogP contribution in [0.4, 0.5) is 5.69 Å². The van der Waals surface area contributed by atoms with Crippen molar-refractivity contribution in [3.63, 3.8) is 0 Å². The van der Waals surface area contributed by atoms with Crippen molar-refractivity contribution in [2.45, 2.75) is 20.0 Å².